The van der Waals surface area contributed by atoms with Crippen LogP contribution in [0.2, 0.25) is 5.02 Å². The first-order valence-electron chi connectivity index (χ1n) is 5.35. The first kappa shape index (κ1) is 12.4. The molecule has 18 heavy (non-hydrogen) atoms. The van der Waals surface area contributed by atoms with Gasteiger partial charge in [-0.1, -0.05) is 17.7 Å². The number of halogens is 1. The summed E-state index contributed by atoms with van der Waals surface area (Å²) in [4.78, 5) is 15.8. The van der Waals surface area contributed by atoms with E-state index in [9.17, 15) is 4.79 Å². The van der Waals surface area contributed by atoms with E-state index < -0.39 is 0 Å². The number of anilines is 2. The predicted molar refractivity (Wildman–Crippen MR) is 72.8 cm³/mol. The van der Waals surface area contributed by atoms with Crippen molar-refractivity contribution in [2.75, 3.05) is 11.1 Å². The van der Waals surface area contributed by atoms with Gasteiger partial charge in [-0.05, 0) is 30.7 Å². The summed E-state index contributed by atoms with van der Waals surface area (Å²) >= 11 is 5.89. The third-order valence-corrected chi connectivity index (χ3v) is 2.86. The van der Waals surface area contributed by atoms with E-state index in [0.717, 1.165) is 5.56 Å². The number of nitrogens with zero attached hydrogens (tertiary/aromatic N) is 1. The first-order chi connectivity index (χ1) is 8.58. The van der Waals surface area contributed by atoms with Gasteiger partial charge < -0.3 is 11.1 Å². The van der Waals surface area contributed by atoms with E-state index >= 15 is 0 Å². The van der Waals surface area contributed by atoms with Crippen molar-refractivity contribution in [3.05, 3.63) is 52.8 Å². The molecule has 0 saturated heterocycles. The first-order valence-corrected chi connectivity index (χ1v) is 5.72. The zero-order valence-electron chi connectivity index (χ0n) is 9.77. The summed E-state index contributed by atoms with van der Waals surface area (Å²) in [6.45, 7) is 1.90. The number of pyridine rings is 1. The molecule has 0 bridgehead atoms. The van der Waals surface area contributed by atoms with Crippen LogP contribution in [0.15, 0.2) is 36.7 Å². The smallest absolute Gasteiger partial charge is 0.257 e. The molecule has 0 unspecified atom stereocenters. The van der Waals surface area contributed by atoms with Crippen LogP contribution in [0.3, 0.4) is 0 Å². The molecule has 0 fully saturated rings. The lowest BCUT2D eigenvalue weighted by molar-refractivity contribution is 0.102. The van der Waals surface area contributed by atoms with Crippen molar-refractivity contribution in [3.63, 3.8) is 0 Å². The number of amides is 1. The minimum atomic E-state index is -0.286. The topological polar surface area (TPSA) is 68.0 Å². The Labute approximate surface area is 110 Å². The van der Waals surface area contributed by atoms with Crippen molar-refractivity contribution < 1.29 is 4.79 Å². The van der Waals surface area contributed by atoms with Crippen LogP contribution in [0, 0.1) is 6.92 Å². The summed E-state index contributed by atoms with van der Waals surface area (Å²) in [5, 5.41) is 3.05. The fourth-order valence-corrected chi connectivity index (χ4v) is 1.68. The highest BCUT2D eigenvalue weighted by Crippen LogP contribution is 2.19. The van der Waals surface area contributed by atoms with Crippen molar-refractivity contribution in [1.82, 2.24) is 4.98 Å². The molecule has 5 heteroatoms. The van der Waals surface area contributed by atoms with Crippen LogP contribution in [0.1, 0.15) is 15.9 Å². The highest BCUT2D eigenvalue weighted by molar-refractivity contribution is 6.34. The van der Waals surface area contributed by atoms with E-state index in [4.69, 9.17) is 17.3 Å². The number of nitrogens with two attached hydrogens (primary N) is 1. The minimum absolute atomic E-state index is 0.286. The molecule has 92 valence electrons. The van der Waals surface area contributed by atoms with Crippen molar-refractivity contribution in [2.45, 2.75) is 6.92 Å². The monoisotopic (exact) mass is 261 g/mol. The number of nitrogens with one attached hydrogen (secondary N) is 1. The summed E-state index contributed by atoms with van der Waals surface area (Å²) < 4.78 is 0. The van der Waals surface area contributed by atoms with Crippen molar-refractivity contribution >= 4 is 28.9 Å². The van der Waals surface area contributed by atoms with Gasteiger partial charge >= 0.3 is 0 Å². The number of nitrogen functional groups attached to an aromatic ring is 1. The molecule has 2 rings (SSSR count). The molecule has 0 aliphatic carbocycles. The largest absolute Gasteiger partial charge is 0.398 e. The number of carbonyl (C=O) groups excluding carboxylic acids is 1. The van der Waals surface area contributed by atoms with Crippen LogP contribution >= 0.6 is 11.6 Å². The van der Waals surface area contributed by atoms with Crippen molar-refractivity contribution in [1.29, 1.82) is 0 Å². The van der Waals surface area contributed by atoms with Gasteiger partial charge in [-0.2, -0.15) is 0 Å². The quantitative estimate of drug-likeness (QED) is 0.817. The van der Waals surface area contributed by atoms with E-state index in [1.165, 1.54) is 12.4 Å². The van der Waals surface area contributed by atoms with Crippen LogP contribution < -0.4 is 11.1 Å². The third-order valence-electron chi connectivity index (χ3n) is 2.55. The molecule has 4 nitrogen and oxygen atoms in total. The fraction of sp³-hybridized carbons (Fsp3) is 0.0769. The zero-order valence-corrected chi connectivity index (χ0v) is 10.5. The zero-order chi connectivity index (χ0) is 13.1. The highest BCUT2D eigenvalue weighted by Gasteiger charge is 2.10. The normalized spacial score (nSPS) is 10.1. The Hall–Kier alpha value is -2.07. The molecule has 0 saturated carbocycles. The second kappa shape index (κ2) is 5.06. The van der Waals surface area contributed by atoms with E-state index in [1.54, 1.807) is 18.2 Å². The molecule has 1 aromatic heterocycles. The predicted octanol–water partition coefficient (Wildman–Crippen LogP) is 2.88. The van der Waals surface area contributed by atoms with E-state index in [-0.39, 0.29) is 5.91 Å². The van der Waals surface area contributed by atoms with Gasteiger partial charge in [-0.3, -0.25) is 9.78 Å². The van der Waals surface area contributed by atoms with Crippen molar-refractivity contribution in [3.8, 4) is 0 Å². The van der Waals surface area contributed by atoms with Gasteiger partial charge in [0.1, 0.15) is 0 Å². The number of aromatic nitrogens is 1. The molecule has 1 aromatic carbocycles. The number of aryl methyl sites for hydroxylation is 1. The van der Waals surface area contributed by atoms with Gasteiger partial charge in [0, 0.05) is 23.8 Å². The molecule has 0 atom stereocenters. The Kier molecular flexibility index (Phi) is 3.48. The number of hydrogen-bond donors (Lipinski definition) is 2. The number of carbonyl (C=O) groups is 1. The second-order valence-corrected chi connectivity index (χ2v) is 4.29. The molecule has 1 amide bonds. The summed E-state index contributed by atoms with van der Waals surface area (Å²) in [7, 11) is 0. The van der Waals surface area contributed by atoms with Gasteiger partial charge in [0.2, 0.25) is 0 Å². The van der Waals surface area contributed by atoms with Crippen LogP contribution in [-0.4, -0.2) is 10.9 Å². The lowest BCUT2D eigenvalue weighted by atomic mass is 10.2. The van der Waals surface area contributed by atoms with Crippen molar-refractivity contribution in [2.24, 2.45) is 0 Å². The molecule has 0 aliphatic heterocycles. The Morgan fingerprint density at radius 2 is 2.17 bits per heavy atom. The molecule has 3 N–H and O–H groups in total. The average molecular weight is 262 g/mol. The van der Waals surface area contributed by atoms with E-state index in [2.05, 4.69) is 10.3 Å². The average Bonchev–Trinajstić information content (AvgIpc) is 2.34. The van der Waals surface area contributed by atoms with Gasteiger partial charge in [0.15, 0.2) is 0 Å². The summed E-state index contributed by atoms with van der Waals surface area (Å²) in [5.74, 6) is -0.286. The molecular formula is C13H12ClN3O. The van der Waals surface area contributed by atoms with Crippen LogP contribution in [0.4, 0.5) is 11.4 Å². The fourth-order valence-electron chi connectivity index (χ4n) is 1.48. The van der Waals surface area contributed by atoms with Gasteiger partial charge in [-0.15, -0.1) is 0 Å². The minimum Gasteiger partial charge on any atom is -0.398 e. The molecule has 1 heterocycles. The standard InChI is InChI=1S/C13H12ClN3O/c1-8-2-3-9(6-12(8)15)17-13(18)10-4-5-16-7-11(10)14/h2-7H,15H2,1H3,(H,17,18). The third kappa shape index (κ3) is 2.60. The van der Waals surface area contributed by atoms with E-state index in [0.29, 0.717) is 22.0 Å². The molecule has 0 spiro atoms. The van der Waals surface area contributed by atoms with Crippen LogP contribution in [0.25, 0.3) is 0 Å². The van der Waals surface area contributed by atoms with E-state index in [1.807, 2.05) is 13.0 Å². The van der Waals surface area contributed by atoms with Gasteiger partial charge in [0.25, 0.3) is 5.91 Å². The SMILES string of the molecule is Cc1ccc(NC(=O)c2ccncc2Cl)cc1N. The number of hydrogen-bond acceptors (Lipinski definition) is 3. The maximum atomic E-state index is 12.0. The molecule has 0 aliphatic rings. The Balaban J connectivity index is 2.22. The maximum absolute atomic E-state index is 12.0. The summed E-state index contributed by atoms with van der Waals surface area (Å²) in [6, 6.07) is 6.91. The molecule has 0 radical (unpaired) electrons. The lowest BCUT2D eigenvalue weighted by Gasteiger charge is -2.08. The van der Waals surface area contributed by atoms with Gasteiger partial charge in [-0.25, -0.2) is 0 Å². The molecule has 2 aromatic rings. The maximum Gasteiger partial charge on any atom is 0.257 e. The summed E-state index contributed by atoms with van der Waals surface area (Å²) in [5.41, 5.74) is 8.39. The second-order valence-electron chi connectivity index (χ2n) is 3.88. The Bertz CT molecular complexity index is 599. The molecular weight excluding hydrogens is 250 g/mol. The Morgan fingerprint density at radius 3 is 2.83 bits per heavy atom. The summed E-state index contributed by atoms with van der Waals surface area (Å²) in [6.07, 6.45) is 2.95. The number of rotatable bonds is 2. The number of benzene rings is 1. The Morgan fingerprint density at radius 1 is 1.39 bits per heavy atom. The van der Waals surface area contributed by atoms with Gasteiger partial charge in [0.05, 0.1) is 10.6 Å². The lowest BCUT2D eigenvalue weighted by Crippen LogP contribution is -2.12. The highest BCUT2D eigenvalue weighted by atomic mass is 35.5. The van der Waals surface area contributed by atoms with Crippen LogP contribution in [0.5, 0.6) is 0 Å². The van der Waals surface area contributed by atoms with Crippen LogP contribution in [-0.2, 0) is 0 Å².